The van der Waals surface area contributed by atoms with E-state index in [2.05, 4.69) is 10.3 Å². The molecule has 0 saturated carbocycles. The lowest BCUT2D eigenvalue weighted by Gasteiger charge is -2.18. The first kappa shape index (κ1) is 14.7. The minimum Gasteiger partial charge on any atom is -0.497 e. The summed E-state index contributed by atoms with van der Waals surface area (Å²) >= 11 is 0. The fourth-order valence-electron chi connectivity index (χ4n) is 2.02. The van der Waals surface area contributed by atoms with Gasteiger partial charge in [-0.1, -0.05) is 0 Å². The quantitative estimate of drug-likeness (QED) is 0.913. The van der Waals surface area contributed by atoms with Crippen LogP contribution in [0.25, 0.3) is 0 Å². The van der Waals surface area contributed by atoms with Gasteiger partial charge >= 0.3 is 0 Å². The molecule has 1 aromatic heterocycles. The van der Waals surface area contributed by atoms with Crippen LogP contribution in [0.2, 0.25) is 0 Å². The summed E-state index contributed by atoms with van der Waals surface area (Å²) in [6.07, 6.45) is 1.54. The van der Waals surface area contributed by atoms with Crippen LogP contribution in [0.3, 0.4) is 0 Å². The molecule has 0 amide bonds. The Labute approximate surface area is 124 Å². The molecule has 2 rings (SSSR count). The topological polar surface area (TPSA) is 67.2 Å². The van der Waals surface area contributed by atoms with Crippen molar-refractivity contribution in [1.82, 2.24) is 4.98 Å². The van der Waals surface area contributed by atoms with Crippen molar-refractivity contribution in [2.45, 2.75) is 13.0 Å². The summed E-state index contributed by atoms with van der Waals surface area (Å²) in [5.41, 5.74) is 1.51. The van der Waals surface area contributed by atoms with E-state index in [-0.39, 0.29) is 6.04 Å². The number of hydrogen-bond donors (Lipinski definition) is 1. The van der Waals surface area contributed by atoms with E-state index in [4.69, 9.17) is 14.7 Å². The Morgan fingerprint density at radius 3 is 2.57 bits per heavy atom. The standard InChI is InChI=1S/C16H17N3O2/c1-11(19-16-7-4-12(9-17)10-18-16)14-8-13(20-2)5-6-15(14)21-3/h4-8,10-11H,1-3H3,(H,18,19). The molecule has 5 nitrogen and oxygen atoms in total. The van der Waals surface area contributed by atoms with Crippen molar-refractivity contribution in [1.29, 1.82) is 5.26 Å². The van der Waals surface area contributed by atoms with E-state index < -0.39 is 0 Å². The van der Waals surface area contributed by atoms with Crippen molar-refractivity contribution < 1.29 is 9.47 Å². The van der Waals surface area contributed by atoms with Gasteiger partial charge in [0.05, 0.1) is 25.8 Å². The minimum atomic E-state index is -0.0181. The maximum Gasteiger partial charge on any atom is 0.126 e. The lowest BCUT2D eigenvalue weighted by molar-refractivity contribution is 0.397. The van der Waals surface area contributed by atoms with E-state index in [0.29, 0.717) is 11.4 Å². The van der Waals surface area contributed by atoms with E-state index in [9.17, 15) is 0 Å². The molecule has 0 radical (unpaired) electrons. The highest BCUT2D eigenvalue weighted by atomic mass is 16.5. The molecule has 1 unspecified atom stereocenters. The molecule has 0 aliphatic heterocycles. The third-order valence-corrected chi connectivity index (χ3v) is 3.16. The smallest absolute Gasteiger partial charge is 0.126 e. The second-order valence-electron chi connectivity index (χ2n) is 4.52. The molecule has 0 saturated heterocycles. The van der Waals surface area contributed by atoms with Crippen LogP contribution < -0.4 is 14.8 Å². The van der Waals surface area contributed by atoms with Gasteiger partial charge in [-0.15, -0.1) is 0 Å². The minimum absolute atomic E-state index is 0.0181. The molecule has 1 atom stereocenters. The summed E-state index contributed by atoms with van der Waals surface area (Å²) in [5, 5.41) is 12.1. The molecule has 1 aromatic carbocycles. The van der Waals surface area contributed by atoms with Gasteiger partial charge < -0.3 is 14.8 Å². The number of nitrogens with one attached hydrogen (secondary N) is 1. The first-order chi connectivity index (χ1) is 10.2. The normalized spacial score (nSPS) is 11.3. The van der Waals surface area contributed by atoms with E-state index in [1.165, 1.54) is 6.20 Å². The Bertz CT molecular complexity index is 648. The Hall–Kier alpha value is -2.74. The average Bonchev–Trinajstić information content (AvgIpc) is 2.54. The summed E-state index contributed by atoms with van der Waals surface area (Å²) in [7, 11) is 3.27. The number of anilines is 1. The Morgan fingerprint density at radius 2 is 2.00 bits per heavy atom. The first-order valence-electron chi connectivity index (χ1n) is 6.52. The fourth-order valence-corrected chi connectivity index (χ4v) is 2.02. The molecular weight excluding hydrogens is 266 g/mol. The van der Waals surface area contributed by atoms with Crippen molar-refractivity contribution >= 4 is 5.82 Å². The maximum atomic E-state index is 8.77. The van der Waals surface area contributed by atoms with Gasteiger partial charge in [-0.3, -0.25) is 0 Å². The van der Waals surface area contributed by atoms with Crippen molar-refractivity contribution in [3.8, 4) is 17.6 Å². The van der Waals surface area contributed by atoms with E-state index in [0.717, 1.165) is 17.1 Å². The van der Waals surface area contributed by atoms with Crippen molar-refractivity contribution in [3.05, 3.63) is 47.7 Å². The van der Waals surface area contributed by atoms with E-state index in [1.807, 2.05) is 31.2 Å². The molecular formula is C16H17N3O2. The van der Waals surface area contributed by atoms with Crippen LogP contribution in [0.15, 0.2) is 36.5 Å². The van der Waals surface area contributed by atoms with Gasteiger partial charge in [0.1, 0.15) is 23.4 Å². The summed E-state index contributed by atoms with van der Waals surface area (Å²) < 4.78 is 10.6. The summed E-state index contributed by atoms with van der Waals surface area (Å²) in [6.45, 7) is 2.01. The highest BCUT2D eigenvalue weighted by molar-refractivity contribution is 5.47. The molecule has 21 heavy (non-hydrogen) atoms. The lowest BCUT2D eigenvalue weighted by atomic mass is 10.1. The van der Waals surface area contributed by atoms with Crippen LogP contribution in [0.4, 0.5) is 5.82 Å². The molecule has 2 aromatic rings. The zero-order valence-corrected chi connectivity index (χ0v) is 12.3. The number of nitrogens with zero attached hydrogens (tertiary/aromatic N) is 2. The van der Waals surface area contributed by atoms with Crippen LogP contribution in [0.1, 0.15) is 24.1 Å². The summed E-state index contributed by atoms with van der Waals surface area (Å²) in [6, 6.07) is 11.2. The monoisotopic (exact) mass is 283 g/mol. The summed E-state index contributed by atoms with van der Waals surface area (Å²) in [4.78, 5) is 4.21. The number of aromatic nitrogens is 1. The van der Waals surface area contributed by atoms with Gasteiger partial charge in [0, 0.05) is 11.8 Å². The number of methoxy groups -OCH3 is 2. The third-order valence-electron chi connectivity index (χ3n) is 3.16. The van der Waals surface area contributed by atoms with E-state index >= 15 is 0 Å². The average molecular weight is 283 g/mol. The van der Waals surface area contributed by atoms with Crippen LogP contribution in [0.5, 0.6) is 11.5 Å². The fraction of sp³-hybridized carbons (Fsp3) is 0.250. The highest BCUT2D eigenvalue weighted by Gasteiger charge is 2.13. The SMILES string of the molecule is COc1ccc(OC)c(C(C)Nc2ccc(C#N)cn2)c1. The number of pyridine rings is 1. The molecule has 0 spiro atoms. The molecule has 5 heteroatoms. The van der Waals surface area contributed by atoms with Gasteiger partial charge in [0.15, 0.2) is 0 Å². The number of ether oxygens (including phenoxy) is 2. The molecule has 108 valence electrons. The van der Waals surface area contributed by atoms with Crippen LogP contribution in [-0.2, 0) is 0 Å². The Morgan fingerprint density at radius 1 is 1.19 bits per heavy atom. The Kier molecular flexibility index (Phi) is 4.62. The number of rotatable bonds is 5. The zero-order valence-electron chi connectivity index (χ0n) is 12.3. The summed E-state index contributed by atoms with van der Waals surface area (Å²) in [5.74, 6) is 2.25. The largest absolute Gasteiger partial charge is 0.497 e. The molecule has 0 fully saturated rings. The predicted octanol–water partition coefficient (Wildman–Crippen LogP) is 3.14. The third kappa shape index (κ3) is 3.42. The van der Waals surface area contributed by atoms with Crippen LogP contribution in [0, 0.1) is 11.3 Å². The first-order valence-corrected chi connectivity index (χ1v) is 6.52. The molecule has 0 aliphatic carbocycles. The van der Waals surface area contributed by atoms with Gasteiger partial charge in [-0.2, -0.15) is 5.26 Å². The zero-order chi connectivity index (χ0) is 15.2. The molecule has 1 N–H and O–H groups in total. The predicted molar refractivity (Wildman–Crippen MR) is 80.5 cm³/mol. The van der Waals surface area contributed by atoms with Crippen LogP contribution >= 0.6 is 0 Å². The van der Waals surface area contributed by atoms with Crippen molar-refractivity contribution in [2.75, 3.05) is 19.5 Å². The maximum absolute atomic E-state index is 8.77. The van der Waals surface area contributed by atoms with Crippen molar-refractivity contribution in [2.24, 2.45) is 0 Å². The van der Waals surface area contributed by atoms with Gasteiger partial charge in [0.25, 0.3) is 0 Å². The van der Waals surface area contributed by atoms with Crippen molar-refractivity contribution in [3.63, 3.8) is 0 Å². The van der Waals surface area contributed by atoms with E-state index in [1.54, 1.807) is 26.4 Å². The van der Waals surface area contributed by atoms with Gasteiger partial charge in [-0.05, 0) is 37.3 Å². The Balaban J connectivity index is 2.22. The van der Waals surface area contributed by atoms with Gasteiger partial charge in [0.2, 0.25) is 0 Å². The van der Waals surface area contributed by atoms with Gasteiger partial charge in [-0.25, -0.2) is 4.98 Å². The molecule has 0 bridgehead atoms. The molecule has 1 heterocycles. The highest BCUT2D eigenvalue weighted by Crippen LogP contribution is 2.30. The number of nitriles is 1. The second kappa shape index (κ2) is 6.62. The second-order valence-corrected chi connectivity index (χ2v) is 4.52. The van der Waals surface area contributed by atoms with Crippen LogP contribution in [-0.4, -0.2) is 19.2 Å². The molecule has 0 aliphatic rings. The number of hydrogen-bond acceptors (Lipinski definition) is 5. The number of benzene rings is 1. The lowest BCUT2D eigenvalue weighted by Crippen LogP contribution is -2.09.